The van der Waals surface area contributed by atoms with Crippen LogP contribution in [-0.4, -0.2) is 285 Å². The number of aromatic carboxylic acids is 2. The minimum absolute atomic E-state index is 0.00483. The number of likely N-dealkylation sites (N-methyl/N-ethyl adjacent to an activating group) is 1. The molecule has 122 heavy (non-hydrogen) atoms. The number of aliphatic hydroxyl groups is 1. The van der Waals surface area contributed by atoms with Crippen LogP contribution in [0.25, 0.3) is 0 Å². The van der Waals surface area contributed by atoms with Gasteiger partial charge in [-0.2, -0.15) is 0 Å². The van der Waals surface area contributed by atoms with Gasteiger partial charge < -0.3 is 110 Å². The quantitative estimate of drug-likeness (QED) is 0.0326. The third-order valence-corrected chi connectivity index (χ3v) is 19.2. The standard InChI is InChI=1S/C86H137N7O29/c1-87-72(25-15-17-43-89-81(103)62-118-57-53-114-47-21-24-69(96)61-117-56-54-115-50-44-90-77(99)41-39-74(86(111)112)93-79(101)27-13-9-5-3-7-11-19-49-122-71-36-30-67(31-37-71)84(107)108)75(97)40-32-65(76(98)60-94)22-14-16-42-88-80(102)63-120-59-55-116-51-45-91-82(104)64-119-58-52-113-46-20-23-68(95)33-38-73(85(109)110)92-78(100)26-12-8-4-2-6-10-18-48-121-70-34-28-66(29-35-70)83(105)106/h28-31,34-37,65,72-74,87,94H,2-27,32-33,38-64H2,1H3,(H,88,102)(H,89,103)(H,90,99)(H,91,104)(H,92,100)(H,93,101)(H,105,106)(H,107,108)(H,109,110)(H,111,112)/t65-,72+,73+,74+/m1/s1. The van der Waals surface area contributed by atoms with Gasteiger partial charge in [0.1, 0.15) is 68.2 Å². The summed E-state index contributed by atoms with van der Waals surface area (Å²) in [6.07, 6.45) is 17.6. The summed E-state index contributed by atoms with van der Waals surface area (Å²) in [6, 6.07) is 9.73. The van der Waals surface area contributed by atoms with Crippen LogP contribution in [0.2, 0.25) is 0 Å². The van der Waals surface area contributed by atoms with Gasteiger partial charge in [-0.25, -0.2) is 19.2 Å². The number of amides is 6. The minimum Gasteiger partial charge on any atom is -0.494 e. The molecule has 0 aliphatic heterocycles. The fourth-order valence-corrected chi connectivity index (χ4v) is 12.2. The maximum atomic E-state index is 13.2. The summed E-state index contributed by atoms with van der Waals surface area (Å²) in [5.74, 6) is -6.50. The highest BCUT2D eigenvalue weighted by Crippen LogP contribution is 2.20. The number of unbranched alkanes of at least 4 members (excludes halogenated alkanes) is 14. The first kappa shape index (κ1) is 109. The number of hydrogen-bond acceptors (Lipinski definition) is 26. The molecular formula is C86H137N7O29. The van der Waals surface area contributed by atoms with E-state index in [-0.39, 0.29) is 246 Å². The van der Waals surface area contributed by atoms with Gasteiger partial charge in [-0.3, -0.25) is 47.9 Å². The second-order valence-corrected chi connectivity index (χ2v) is 29.3. The number of rotatable bonds is 85. The summed E-state index contributed by atoms with van der Waals surface area (Å²) >= 11 is 0. The van der Waals surface area contributed by atoms with E-state index in [1.54, 1.807) is 31.3 Å². The predicted molar refractivity (Wildman–Crippen MR) is 447 cm³/mol. The first-order valence-electron chi connectivity index (χ1n) is 43.0. The molecule has 0 saturated heterocycles. The van der Waals surface area contributed by atoms with E-state index in [1.165, 1.54) is 24.3 Å². The van der Waals surface area contributed by atoms with Crippen LogP contribution >= 0.6 is 0 Å². The maximum absolute atomic E-state index is 13.2. The molecule has 0 fully saturated rings. The molecule has 12 N–H and O–H groups in total. The number of carbonyl (C=O) groups is 14. The topological polar surface area (TPSA) is 517 Å². The third kappa shape index (κ3) is 61.3. The first-order valence-corrected chi connectivity index (χ1v) is 43.0. The van der Waals surface area contributed by atoms with E-state index in [0.29, 0.717) is 109 Å². The van der Waals surface area contributed by atoms with Crippen LogP contribution in [0.3, 0.4) is 0 Å². The molecule has 0 unspecified atom stereocenters. The summed E-state index contributed by atoms with van der Waals surface area (Å²) in [7, 11) is 1.68. The summed E-state index contributed by atoms with van der Waals surface area (Å²) < 4.78 is 54.7. The van der Waals surface area contributed by atoms with E-state index in [0.717, 1.165) is 77.0 Å². The van der Waals surface area contributed by atoms with Crippen molar-refractivity contribution in [3.63, 3.8) is 0 Å². The van der Waals surface area contributed by atoms with Gasteiger partial charge in [0.15, 0.2) is 11.6 Å². The Morgan fingerprint density at radius 1 is 0.295 bits per heavy atom. The summed E-state index contributed by atoms with van der Waals surface area (Å²) in [6.45, 7) is 3.14. The van der Waals surface area contributed by atoms with Crippen molar-refractivity contribution in [2.24, 2.45) is 5.92 Å². The zero-order valence-corrected chi connectivity index (χ0v) is 71.4. The Morgan fingerprint density at radius 3 is 1.10 bits per heavy atom. The number of Topliss-reactive ketones (excluding diaryl/α,β-unsaturated/α-hetero) is 4. The van der Waals surface area contributed by atoms with Gasteiger partial charge in [0.25, 0.3) is 0 Å². The van der Waals surface area contributed by atoms with Crippen LogP contribution in [0.5, 0.6) is 11.5 Å². The SMILES string of the molecule is CN[C@@H](CCCCNC(=O)COCCOCCCC(=O)COCCOCCNC(=O)CC[C@H](NC(=O)CCCCCCCCCOc1ccc(C(=O)O)cc1)C(=O)O)C(=O)CC[C@@H](CCCCNC(=O)COCCOCCNC(=O)COCCOCCCC(=O)CC[C@H](NC(=O)CCCCCCCCCOc1ccc(C(=O)O)cc1)C(=O)O)C(=O)CO. The summed E-state index contributed by atoms with van der Waals surface area (Å²) in [5, 5.41) is 65.7. The van der Waals surface area contributed by atoms with E-state index in [4.69, 9.17) is 57.6 Å². The molecule has 0 aliphatic rings. The maximum Gasteiger partial charge on any atom is 0.335 e. The monoisotopic (exact) mass is 1730 g/mol. The minimum atomic E-state index is -1.22. The smallest absolute Gasteiger partial charge is 0.335 e. The Labute approximate surface area is 716 Å². The number of carboxylic acid groups (broad SMARTS) is 4. The zero-order valence-electron chi connectivity index (χ0n) is 71.4. The van der Waals surface area contributed by atoms with Crippen molar-refractivity contribution in [3.05, 3.63) is 59.7 Å². The van der Waals surface area contributed by atoms with Crippen molar-refractivity contribution in [1.82, 2.24) is 37.2 Å². The number of hydrogen-bond donors (Lipinski definition) is 12. The predicted octanol–water partition coefficient (Wildman–Crippen LogP) is 6.23. The number of benzene rings is 2. The molecule has 6 amide bonds. The molecule has 690 valence electrons. The number of ketones is 4. The second-order valence-electron chi connectivity index (χ2n) is 29.3. The van der Waals surface area contributed by atoms with E-state index in [2.05, 4.69) is 37.2 Å². The molecule has 0 spiro atoms. The lowest BCUT2D eigenvalue weighted by Crippen LogP contribution is -2.41. The van der Waals surface area contributed by atoms with Gasteiger partial charge in [-0.15, -0.1) is 0 Å². The molecule has 0 radical (unpaired) electrons. The van der Waals surface area contributed by atoms with E-state index in [1.807, 2.05) is 0 Å². The summed E-state index contributed by atoms with van der Waals surface area (Å²) in [4.78, 5) is 170. The van der Waals surface area contributed by atoms with Crippen LogP contribution in [0.4, 0.5) is 0 Å². The van der Waals surface area contributed by atoms with Crippen molar-refractivity contribution in [2.75, 3.05) is 159 Å². The Bertz CT molecular complexity index is 3280. The van der Waals surface area contributed by atoms with Gasteiger partial charge in [-0.05, 0) is 145 Å². The average molecular weight is 1730 g/mol. The zero-order chi connectivity index (χ0) is 89.3. The van der Waals surface area contributed by atoms with Crippen molar-refractivity contribution in [2.45, 2.75) is 224 Å². The number of aliphatic hydroxyl groups excluding tert-OH is 1. The number of carbonyl (C=O) groups excluding carboxylic acids is 10. The van der Waals surface area contributed by atoms with Gasteiger partial charge in [0, 0.05) is 90.3 Å². The van der Waals surface area contributed by atoms with Crippen LogP contribution in [0.1, 0.15) is 226 Å². The van der Waals surface area contributed by atoms with E-state index < -0.39 is 54.5 Å². The highest BCUT2D eigenvalue weighted by atomic mass is 16.5. The normalized spacial score (nSPS) is 12.1. The molecular weight excluding hydrogens is 1590 g/mol. The fraction of sp³-hybridized carbons (Fsp3) is 0.698. The average Bonchev–Trinajstić information content (AvgIpc) is 0.889. The number of nitrogens with one attached hydrogen (secondary N) is 7. The van der Waals surface area contributed by atoms with Crippen LogP contribution in [0.15, 0.2) is 48.5 Å². The van der Waals surface area contributed by atoms with Crippen molar-refractivity contribution in [1.29, 1.82) is 0 Å². The van der Waals surface area contributed by atoms with Crippen molar-refractivity contribution in [3.8, 4) is 11.5 Å². The third-order valence-electron chi connectivity index (χ3n) is 19.2. The summed E-state index contributed by atoms with van der Waals surface area (Å²) in [5.41, 5.74) is 0.406. The second kappa shape index (κ2) is 73.5. The molecule has 2 rings (SSSR count). The molecule has 4 atom stereocenters. The molecule has 0 heterocycles. The Balaban J connectivity index is 1.35. The van der Waals surface area contributed by atoms with Gasteiger partial charge in [0.05, 0.1) is 96.5 Å². The number of carboxylic acids is 4. The van der Waals surface area contributed by atoms with E-state index in [9.17, 15) is 82.4 Å². The van der Waals surface area contributed by atoms with Crippen LogP contribution < -0.4 is 46.7 Å². The molecule has 2 aromatic carbocycles. The first-order chi connectivity index (χ1) is 59.0. The van der Waals surface area contributed by atoms with E-state index >= 15 is 0 Å². The van der Waals surface area contributed by atoms with Crippen LogP contribution in [-0.2, 0) is 95.4 Å². The molecule has 0 saturated carbocycles. The Hall–Kier alpha value is -8.98. The van der Waals surface area contributed by atoms with Gasteiger partial charge >= 0.3 is 23.9 Å². The highest BCUT2D eigenvalue weighted by molar-refractivity contribution is 5.89. The largest absolute Gasteiger partial charge is 0.494 e. The lowest BCUT2D eigenvalue weighted by molar-refractivity contribution is -0.142. The molecule has 36 heteroatoms. The van der Waals surface area contributed by atoms with Crippen LogP contribution in [0, 0.1) is 5.92 Å². The van der Waals surface area contributed by atoms with Gasteiger partial charge in [-0.1, -0.05) is 70.6 Å². The highest BCUT2D eigenvalue weighted by Gasteiger charge is 2.25. The van der Waals surface area contributed by atoms with Gasteiger partial charge in [0.2, 0.25) is 35.4 Å². The number of aliphatic carboxylic acids is 2. The Kier molecular flexibility index (Phi) is 65.8. The Morgan fingerprint density at radius 2 is 0.672 bits per heavy atom. The van der Waals surface area contributed by atoms with Crippen molar-refractivity contribution >= 4 is 82.5 Å². The molecule has 0 bridgehead atoms. The molecule has 2 aromatic rings. The lowest BCUT2D eigenvalue weighted by Gasteiger charge is -2.18. The fourth-order valence-electron chi connectivity index (χ4n) is 12.2. The molecule has 36 nitrogen and oxygen atoms in total. The van der Waals surface area contributed by atoms with Crippen molar-refractivity contribution < 1.29 is 140 Å². The number of ether oxygens (including phenoxy) is 10. The lowest BCUT2D eigenvalue weighted by atomic mass is 9.90. The molecule has 0 aliphatic carbocycles. The molecule has 0 aromatic heterocycles.